The average Bonchev–Trinajstić information content (AvgIpc) is 3.19. The summed E-state index contributed by atoms with van der Waals surface area (Å²) in [5.74, 6) is 0.223. The van der Waals surface area contributed by atoms with Crippen LogP contribution in [-0.4, -0.2) is 27.6 Å². The molecule has 0 aliphatic heterocycles. The van der Waals surface area contributed by atoms with Crippen molar-refractivity contribution in [1.29, 1.82) is 0 Å². The first-order valence-corrected chi connectivity index (χ1v) is 10.4. The summed E-state index contributed by atoms with van der Waals surface area (Å²) < 4.78 is 30.0. The molecule has 0 aliphatic rings. The topological polar surface area (TPSA) is 79.6 Å². The van der Waals surface area contributed by atoms with Crippen LogP contribution in [0.2, 0.25) is 0 Å². The first kappa shape index (κ1) is 19.4. The van der Waals surface area contributed by atoms with E-state index in [-0.39, 0.29) is 5.91 Å². The smallest absolute Gasteiger partial charge is 0.256 e. The minimum absolute atomic E-state index is 0.332. The van der Waals surface area contributed by atoms with E-state index in [0.29, 0.717) is 22.7 Å². The van der Waals surface area contributed by atoms with E-state index < -0.39 is 10.0 Å². The Labute approximate surface area is 164 Å². The molecule has 0 bridgehead atoms. The van der Waals surface area contributed by atoms with Crippen molar-refractivity contribution in [1.82, 2.24) is 0 Å². The first-order chi connectivity index (χ1) is 13.3. The molecule has 1 heterocycles. The molecule has 3 aromatic rings. The van der Waals surface area contributed by atoms with Crippen molar-refractivity contribution >= 4 is 39.0 Å². The highest BCUT2D eigenvalue weighted by molar-refractivity contribution is 7.92. The predicted molar refractivity (Wildman–Crippen MR) is 111 cm³/mol. The van der Waals surface area contributed by atoms with Gasteiger partial charge in [-0.1, -0.05) is 36.4 Å². The van der Waals surface area contributed by atoms with Crippen LogP contribution in [0.4, 0.5) is 11.4 Å². The number of carbonyl (C=O) groups excluding carboxylic acids is 1. The number of furan rings is 1. The van der Waals surface area contributed by atoms with Crippen LogP contribution < -0.4 is 9.62 Å². The molecule has 6 nitrogen and oxygen atoms in total. The summed E-state index contributed by atoms with van der Waals surface area (Å²) in [6.07, 6.45) is 4.33. The zero-order valence-electron chi connectivity index (χ0n) is 15.5. The zero-order valence-corrected chi connectivity index (χ0v) is 16.3. The fourth-order valence-corrected chi connectivity index (χ4v) is 3.08. The van der Waals surface area contributed by atoms with Gasteiger partial charge in [-0.3, -0.25) is 9.10 Å². The molecular weight excluding hydrogens is 376 g/mol. The van der Waals surface area contributed by atoms with Gasteiger partial charge in [0, 0.05) is 12.7 Å². The molecule has 2 aromatic carbocycles. The predicted octanol–water partition coefficient (Wildman–Crippen LogP) is 3.85. The standard InChI is InChI=1S/C21H20N2O4S/c1-23(28(2,25)26)18-11-6-10-17(14-18)22-21(24)20(15-19-12-7-13-27-19)16-8-4-3-5-9-16/h3-15H,1-2H3,(H,22,24). The van der Waals surface area contributed by atoms with Gasteiger partial charge in [-0.2, -0.15) is 0 Å². The van der Waals surface area contributed by atoms with E-state index in [9.17, 15) is 13.2 Å². The summed E-state index contributed by atoms with van der Waals surface area (Å²) in [4.78, 5) is 13.0. The first-order valence-electron chi connectivity index (χ1n) is 8.50. The van der Waals surface area contributed by atoms with Crippen LogP contribution in [-0.2, 0) is 14.8 Å². The van der Waals surface area contributed by atoms with E-state index in [4.69, 9.17) is 4.42 Å². The Morgan fingerprint density at radius 2 is 1.79 bits per heavy atom. The van der Waals surface area contributed by atoms with E-state index in [1.807, 2.05) is 30.3 Å². The lowest BCUT2D eigenvalue weighted by molar-refractivity contribution is -0.111. The van der Waals surface area contributed by atoms with Gasteiger partial charge in [-0.15, -0.1) is 0 Å². The lowest BCUT2D eigenvalue weighted by Crippen LogP contribution is -2.25. The van der Waals surface area contributed by atoms with Crippen LogP contribution in [0.1, 0.15) is 11.3 Å². The number of nitrogens with zero attached hydrogens (tertiary/aromatic N) is 1. The third-order valence-electron chi connectivity index (χ3n) is 4.12. The Balaban J connectivity index is 1.91. The van der Waals surface area contributed by atoms with Crippen molar-refractivity contribution in [3.8, 4) is 0 Å². The van der Waals surface area contributed by atoms with Crippen LogP contribution in [0, 0.1) is 0 Å². The fourth-order valence-electron chi connectivity index (χ4n) is 2.58. The molecule has 0 atom stereocenters. The Hall–Kier alpha value is -3.32. The minimum Gasteiger partial charge on any atom is -0.465 e. The maximum absolute atomic E-state index is 13.0. The molecular formula is C21H20N2O4S. The van der Waals surface area contributed by atoms with E-state index in [0.717, 1.165) is 16.1 Å². The van der Waals surface area contributed by atoms with Crippen LogP contribution >= 0.6 is 0 Å². The number of carbonyl (C=O) groups is 1. The van der Waals surface area contributed by atoms with E-state index >= 15 is 0 Å². The number of hydrogen-bond donors (Lipinski definition) is 1. The largest absolute Gasteiger partial charge is 0.465 e. The number of rotatable bonds is 6. The van der Waals surface area contributed by atoms with E-state index in [2.05, 4.69) is 5.32 Å². The molecule has 7 heteroatoms. The number of amides is 1. The van der Waals surface area contributed by atoms with Crippen LogP contribution in [0.3, 0.4) is 0 Å². The van der Waals surface area contributed by atoms with Crippen molar-refractivity contribution in [2.45, 2.75) is 0 Å². The Kier molecular flexibility index (Phi) is 5.65. The summed E-state index contributed by atoms with van der Waals surface area (Å²) in [5.41, 5.74) is 2.11. The molecule has 0 saturated heterocycles. The van der Waals surface area contributed by atoms with Crippen LogP contribution in [0.15, 0.2) is 77.4 Å². The third kappa shape index (κ3) is 4.69. The molecule has 0 unspecified atom stereocenters. The highest BCUT2D eigenvalue weighted by Gasteiger charge is 2.15. The lowest BCUT2D eigenvalue weighted by atomic mass is 10.0. The van der Waals surface area contributed by atoms with Crippen molar-refractivity contribution in [3.05, 3.63) is 84.3 Å². The second-order valence-electron chi connectivity index (χ2n) is 6.17. The highest BCUT2D eigenvalue weighted by atomic mass is 32.2. The number of nitrogens with one attached hydrogen (secondary N) is 1. The molecule has 0 spiro atoms. The Morgan fingerprint density at radius 1 is 1.04 bits per heavy atom. The monoisotopic (exact) mass is 396 g/mol. The Bertz CT molecular complexity index is 1090. The molecule has 3 rings (SSSR count). The van der Waals surface area contributed by atoms with E-state index in [1.165, 1.54) is 13.3 Å². The van der Waals surface area contributed by atoms with Crippen molar-refractivity contribution in [2.24, 2.45) is 0 Å². The van der Waals surface area contributed by atoms with E-state index in [1.54, 1.807) is 42.5 Å². The van der Waals surface area contributed by atoms with Gasteiger partial charge < -0.3 is 9.73 Å². The van der Waals surface area contributed by atoms with Gasteiger partial charge in [-0.05, 0) is 42.0 Å². The highest BCUT2D eigenvalue weighted by Crippen LogP contribution is 2.24. The van der Waals surface area contributed by atoms with Gasteiger partial charge in [0.05, 0.1) is 23.8 Å². The minimum atomic E-state index is -3.40. The van der Waals surface area contributed by atoms with Gasteiger partial charge in [0.25, 0.3) is 5.91 Å². The maximum Gasteiger partial charge on any atom is 0.256 e. The fraction of sp³-hybridized carbons (Fsp3) is 0.0952. The summed E-state index contributed by atoms with van der Waals surface area (Å²) >= 11 is 0. The van der Waals surface area contributed by atoms with Gasteiger partial charge >= 0.3 is 0 Å². The number of benzene rings is 2. The SMILES string of the molecule is CN(c1cccc(NC(=O)C(=Cc2ccco2)c2ccccc2)c1)S(C)(=O)=O. The molecule has 0 radical (unpaired) electrons. The number of sulfonamides is 1. The lowest BCUT2D eigenvalue weighted by Gasteiger charge is -2.17. The molecule has 0 aliphatic carbocycles. The summed E-state index contributed by atoms with van der Waals surface area (Å²) in [6.45, 7) is 0. The normalized spacial score (nSPS) is 11.9. The summed E-state index contributed by atoms with van der Waals surface area (Å²) in [7, 11) is -1.94. The van der Waals surface area contributed by atoms with Crippen molar-refractivity contribution < 1.29 is 17.6 Å². The zero-order chi connectivity index (χ0) is 20.1. The van der Waals surface area contributed by atoms with Gasteiger partial charge in [0.15, 0.2) is 0 Å². The summed E-state index contributed by atoms with van der Waals surface area (Å²) in [5, 5.41) is 2.83. The quantitative estimate of drug-likeness (QED) is 0.642. The third-order valence-corrected chi connectivity index (χ3v) is 5.33. The molecule has 0 fully saturated rings. The molecule has 1 aromatic heterocycles. The second kappa shape index (κ2) is 8.14. The molecule has 1 N–H and O–H groups in total. The van der Waals surface area contributed by atoms with Gasteiger partial charge in [0.1, 0.15) is 5.76 Å². The average molecular weight is 396 g/mol. The molecule has 0 saturated carbocycles. The summed E-state index contributed by atoms with van der Waals surface area (Å²) in [6, 6.07) is 19.4. The van der Waals surface area contributed by atoms with Gasteiger partial charge in [-0.25, -0.2) is 8.42 Å². The maximum atomic E-state index is 13.0. The molecule has 1 amide bonds. The number of anilines is 2. The van der Waals surface area contributed by atoms with Crippen LogP contribution in [0.25, 0.3) is 11.6 Å². The molecule has 28 heavy (non-hydrogen) atoms. The Morgan fingerprint density at radius 3 is 2.43 bits per heavy atom. The van der Waals surface area contributed by atoms with Crippen LogP contribution in [0.5, 0.6) is 0 Å². The number of hydrogen-bond acceptors (Lipinski definition) is 4. The van der Waals surface area contributed by atoms with Crippen molar-refractivity contribution in [3.63, 3.8) is 0 Å². The molecule has 144 valence electrons. The van der Waals surface area contributed by atoms with Gasteiger partial charge in [0.2, 0.25) is 10.0 Å². The second-order valence-corrected chi connectivity index (χ2v) is 8.19. The van der Waals surface area contributed by atoms with Crippen molar-refractivity contribution in [2.75, 3.05) is 22.9 Å².